The molecule has 4 rings (SSSR count). The third kappa shape index (κ3) is 2.54. The molecular formula is C24H36O2. The van der Waals surface area contributed by atoms with Crippen molar-refractivity contribution < 1.29 is 9.53 Å². The maximum Gasteiger partial charge on any atom is 0.155 e. The molecule has 7 unspecified atom stereocenters. The van der Waals surface area contributed by atoms with E-state index in [4.69, 9.17) is 4.74 Å². The SMILES string of the molecule is C=C(CC)OC1CCC2C3C(C)CC4=CC(=O)CCC4(C)C3CCC12C. The molecule has 4 aliphatic rings. The monoisotopic (exact) mass is 356 g/mol. The van der Waals surface area contributed by atoms with Gasteiger partial charge in [0, 0.05) is 18.3 Å². The number of ketones is 1. The van der Waals surface area contributed by atoms with Crippen molar-refractivity contribution in [2.75, 3.05) is 0 Å². The topological polar surface area (TPSA) is 26.3 Å². The number of allylic oxidation sites excluding steroid dienone is 2. The van der Waals surface area contributed by atoms with Crippen molar-refractivity contribution in [3.8, 4) is 0 Å². The average Bonchev–Trinajstić information content (AvgIpc) is 2.93. The number of fused-ring (bicyclic) bond motifs is 5. The predicted molar refractivity (Wildman–Crippen MR) is 106 cm³/mol. The highest BCUT2D eigenvalue weighted by Gasteiger charge is 2.61. The van der Waals surface area contributed by atoms with E-state index in [1.807, 2.05) is 6.08 Å². The van der Waals surface area contributed by atoms with Gasteiger partial charge in [-0.3, -0.25) is 4.79 Å². The number of hydrogen-bond acceptors (Lipinski definition) is 2. The van der Waals surface area contributed by atoms with E-state index >= 15 is 0 Å². The van der Waals surface area contributed by atoms with E-state index in [1.165, 1.54) is 31.3 Å². The van der Waals surface area contributed by atoms with Crippen molar-refractivity contribution >= 4 is 5.78 Å². The quantitative estimate of drug-likeness (QED) is 0.573. The van der Waals surface area contributed by atoms with Gasteiger partial charge in [-0.1, -0.05) is 39.8 Å². The first-order valence-corrected chi connectivity index (χ1v) is 10.9. The Morgan fingerprint density at radius 1 is 1.23 bits per heavy atom. The zero-order valence-corrected chi connectivity index (χ0v) is 17.1. The van der Waals surface area contributed by atoms with Crippen LogP contribution in [-0.2, 0) is 9.53 Å². The molecular weight excluding hydrogens is 320 g/mol. The molecule has 144 valence electrons. The van der Waals surface area contributed by atoms with E-state index in [1.54, 1.807) is 0 Å². The van der Waals surface area contributed by atoms with Gasteiger partial charge in [0.15, 0.2) is 5.78 Å². The van der Waals surface area contributed by atoms with Crippen LogP contribution in [0.4, 0.5) is 0 Å². The van der Waals surface area contributed by atoms with Crippen molar-refractivity contribution in [1.29, 1.82) is 0 Å². The van der Waals surface area contributed by atoms with E-state index in [9.17, 15) is 4.79 Å². The van der Waals surface area contributed by atoms with E-state index in [2.05, 4.69) is 34.3 Å². The Balaban J connectivity index is 1.64. The van der Waals surface area contributed by atoms with Crippen LogP contribution in [0.3, 0.4) is 0 Å². The maximum atomic E-state index is 12.0. The van der Waals surface area contributed by atoms with Crippen molar-refractivity contribution in [3.63, 3.8) is 0 Å². The summed E-state index contributed by atoms with van der Waals surface area (Å²) in [6.07, 6.45) is 11.3. The third-order valence-electron chi connectivity index (χ3n) is 8.93. The summed E-state index contributed by atoms with van der Waals surface area (Å²) in [5.41, 5.74) is 2.03. The molecule has 2 heteroatoms. The molecule has 26 heavy (non-hydrogen) atoms. The number of hydrogen-bond donors (Lipinski definition) is 0. The number of carbonyl (C=O) groups excluding carboxylic acids is 1. The summed E-state index contributed by atoms with van der Waals surface area (Å²) >= 11 is 0. The lowest BCUT2D eigenvalue weighted by atomic mass is 9.45. The third-order valence-corrected chi connectivity index (χ3v) is 8.93. The Kier molecular flexibility index (Phi) is 4.40. The Morgan fingerprint density at radius 3 is 2.73 bits per heavy atom. The summed E-state index contributed by atoms with van der Waals surface area (Å²) < 4.78 is 6.34. The van der Waals surface area contributed by atoms with Gasteiger partial charge in [-0.05, 0) is 73.7 Å². The van der Waals surface area contributed by atoms with Gasteiger partial charge in [-0.15, -0.1) is 0 Å². The molecule has 3 saturated carbocycles. The van der Waals surface area contributed by atoms with Gasteiger partial charge in [0.2, 0.25) is 0 Å². The van der Waals surface area contributed by atoms with Gasteiger partial charge in [0.25, 0.3) is 0 Å². The van der Waals surface area contributed by atoms with Crippen LogP contribution < -0.4 is 0 Å². The standard InChI is InChI=1S/C24H36O2/c1-6-16(3)26-21-8-7-19-22-15(2)13-17-14-18(25)9-11-23(17,4)20(22)10-12-24(19,21)5/h14-15,19-22H,3,6-13H2,1-2,4-5H3. The van der Waals surface area contributed by atoms with Crippen LogP contribution in [0.15, 0.2) is 24.0 Å². The highest BCUT2D eigenvalue weighted by Crippen LogP contribution is 2.67. The molecule has 2 nitrogen and oxygen atoms in total. The van der Waals surface area contributed by atoms with Gasteiger partial charge >= 0.3 is 0 Å². The lowest BCUT2D eigenvalue weighted by Crippen LogP contribution is -2.54. The van der Waals surface area contributed by atoms with E-state index in [0.29, 0.717) is 23.2 Å². The van der Waals surface area contributed by atoms with E-state index in [0.717, 1.165) is 49.2 Å². The molecule has 0 aromatic heterocycles. The number of rotatable bonds is 3. The first-order valence-electron chi connectivity index (χ1n) is 10.9. The number of ether oxygens (including phenoxy) is 1. The van der Waals surface area contributed by atoms with Crippen LogP contribution >= 0.6 is 0 Å². The fraction of sp³-hybridized carbons (Fsp3) is 0.792. The maximum absolute atomic E-state index is 12.0. The van der Waals surface area contributed by atoms with E-state index < -0.39 is 0 Å². The molecule has 0 spiro atoms. The second-order valence-electron chi connectivity index (χ2n) is 10.1. The van der Waals surface area contributed by atoms with Gasteiger partial charge in [0.1, 0.15) is 6.10 Å². The lowest BCUT2D eigenvalue weighted by molar-refractivity contribution is -0.120. The first-order chi connectivity index (χ1) is 12.3. The van der Waals surface area contributed by atoms with Crippen molar-refractivity contribution in [1.82, 2.24) is 0 Å². The molecule has 0 aliphatic heterocycles. The molecule has 7 atom stereocenters. The zero-order valence-electron chi connectivity index (χ0n) is 17.1. The second kappa shape index (κ2) is 6.24. The molecule has 0 saturated heterocycles. The Hall–Kier alpha value is -1.05. The van der Waals surface area contributed by atoms with Gasteiger partial charge in [0.05, 0.1) is 5.76 Å². The Bertz CT molecular complexity index is 647. The molecule has 0 aromatic carbocycles. The Labute approximate surface area is 159 Å². The molecule has 0 N–H and O–H groups in total. The molecule has 3 fully saturated rings. The normalized spacial score (nSPS) is 47.5. The summed E-state index contributed by atoms with van der Waals surface area (Å²) in [4.78, 5) is 12.0. The largest absolute Gasteiger partial charge is 0.495 e. The fourth-order valence-corrected chi connectivity index (χ4v) is 7.33. The van der Waals surface area contributed by atoms with Crippen LogP contribution in [-0.4, -0.2) is 11.9 Å². The highest BCUT2D eigenvalue weighted by atomic mass is 16.5. The molecule has 0 amide bonds. The van der Waals surface area contributed by atoms with Crippen molar-refractivity contribution in [2.45, 2.75) is 85.2 Å². The van der Waals surface area contributed by atoms with Crippen LogP contribution in [0.5, 0.6) is 0 Å². The average molecular weight is 357 g/mol. The minimum Gasteiger partial charge on any atom is -0.495 e. The highest BCUT2D eigenvalue weighted by molar-refractivity contribution is 5.91. The van der Waals surface area contributed by atoms with Crippen LogP contribution in [0.25, 0.3) is 0 Å². The summed E-state index contributed by atoms with van der Waals surface area (Å²) in [7, 11) is 0. The predicted octanol–water partition coefficient (Wildman–Crippen LogP) is 6.07. The number of carbonyl (C=O) groups is 1. The van der Waals surface area contributed by atoms with Crippen LogP contribution in [0.2, 0.25) is 0 Å². The second-order valence-corrected chi connectivity index (χ2v) is 10.1. The smallest absolute Gasteiger partial charge is 0.155 e. The fourth-order valence-electron chi connectivity index (χ4n) is 7.33. The van der Waals surface area contributed by atoms with Gasteiger partial charge in [-0.25, -0.2) is 0 Å². The van der Waals surface area contributed by atoms with Gasteiger partial charge in [-0.2, -0.15) is 0 Å². The Morgan fingerprint density at radius 2 is 2.00 bits per heavy atom. The van der Waals surface area contributed by atoms with E-state index in [-0.39, 0.29) is 5.41 Å². The lowest BCUT2D eigenvalue weighted by Gasteiger charge is -2.60. The van der Waals surface area contributed by atoms with Gasteiger partial charge < -0.3 is 4.74 Å². The first kappa shape index (κ1) is 18.3. The van der Waals surface area contributed by atoms with Crippen molar-refractivity contribution in [2.24, 2.45) is 34.5 Å². The minimum absolute atomic E-state index is 0.262. The molecule has 0 bridgehead atoms. The molecule has 0 radical (unpaired) electrons. The molecule has 4 aliphatic carbocycles. The summed E-state index contributed by atoms with van der Waals surface area (Å²) in [6, 6.07) is 0. The molecule has 0 aromatic rings. The summed E-state index contributed by atoms with van der Waals surface area (Å²) in [6.45, 7) is 13.7. The van der Waals surface area contributed by atoms with Crippen LogP contribution in [0, 0.1) is 34.5 Å². The van der Waals surface area contributed by atoms with Crippen molar-refractivity contribution in [3.05, 3.63) is 24.0 Å². The summed E-state index contributed by atoms with van der Waals surface area (Å²) in [5, 5.41) is 0. The minimum atomic E-state index is 0.262. The zero-order chi connectivity index (χ0) is 18.7. The van der Waals surface area contributed by atoms with Crippen LogP contribution in [0.1, 0.15) is 79.1 Å². The molecule has 0 heterocycles. The summed E-state index contributed by atoms with van der Waals surface area (Å²) in [5.74, 6) is 4.30.